The first-order valence-electron chi connectivity index (χ1n) is 5.60. The van der Waals surface area contributed by atoms with Gasteiger partial charge in [0.05, 0.1) is 6.10 Å². The smallest absolute Gasteiger partial charge is 0.0552 e. The molecule has 0 radical (unpaired) electrons. The average molecular weight is 225 g/mol. The number of hydrogen-bond donors (Lipinski definition) is 1. The van der Waals surface area contributed by atoms with Gasteiger partial charge in [-0.15, -0.1) is 11.3 Å². The van der Waals surface area contributed by atoms with E-state index in [0.717, 1.165) is 26.1 Å². The predicted molar refractivity (Wildman–Crippen MR) is 64.1 cm³/mol. The van der Waals surface area contributed by atoms with Crippen molar-refractivity contribution >= 4 is 11.3 Å². The van der Waals surface area contributed by atoms with Gasteiger partial charge in [0.1, 0.15) is 0 Å². The van der Waals surface area contributed by atoms with Crippen LogP contribution in [-0.2, 0) is 6.54 Å². The second kappa shape index (κ2) is 4.64. The largest absolute Gasteiger partial charge is 0.393 e. The molecule has 0 spiro atoms. The van der Waals surface area contributed by atoms with E-state index in [1.54, 1.807) is 0 Å². The summed E-state index contributed by atoms with van der Waals surface area (Å²) in [4.78, 5) is 3.93. The maximum absolute atomic E-state index is 9.53. The Kier molecular flexibility index (Phi) is 3.44. The van der Waals surface area contributed by atoms with Crippen LogP contribution in [0.1, 0.15) is 23.8 Å². The van der Waals surface area contributed by atoms with E-state index >= 15 is 0 Å². The number of likely N-dealkylation sites (tertiary alicyclic amines) is 1. The van der Waals surface area contributed by atoms with Crippen LogP contribution in [0.5, 0.6) is 0 Å². The summed E-state index contributed by atoms with van der Waals surface area (Å²) in [7, 11) is 0. The van der Waals surface area contributed by atoms with Crippen molar-refractivity contribution in [2.24, 2.45) is 5.92 Å². The van der Waals surface area contributed by atoms with Gasteiger partial charge in [-0.05, 0) is 49.7 Å². The molecule has 1 aromatic rings. The van der Waals surface area contributed by atoms with Crippen LogP contribution in [-0.4, -0.2) is 29.2 Å². The summed E-state index contributed by atoms with van der Waals surface area (Å²) >= 11 is 1.84. The third kappa shape index (κ3) is 2.60. The van der Waals surface area contributed by atoms with Gasteiger partial charge in [0.15, 0.2) is 0 Å². The Bertz CT molecular complexity index is 321. The predicted octanol–water partition coefficient (Wildman–Crippen LogP) is 2.26. The van der Waals surface area contributed by atoms with Crippen molar-refractivity contribution in [3.05, 3.63) is 21.9 Å². The quantitative estimate of drug-likeness (QED) is 0.853. The summed E-state index contributed by atoms with van der Waals surface area (Å²) < 4.78 is 0. The molecule has 0 aliphatic carbocycles. The van der Waals surface area contributed by atoms with Crippen LogP contribution in [0.3, 0.4) is 0 Å². The van der Waals surface area contributed by atoms with E-state index in [1.807, 2.05) is 18.3 Å². The first kappa shape index (κ1) is 11.1. The fourth-order valence-electron chi connectivity index (χ4n) is 2.17. The first-order valence-corrected chi connectivity index (χ1v) is 6.48. The van der Waals surface area contributed by atoms with E-state index < -0.39 is 0 Å². The number of aliphatic hydroxyl groups is 1. The molecule has 15 heavy (non-hydrogen) atoms. The zero-order valence-electron chi connectivity index (χ0n) is 9.44. The van der Waals surface area contributed by atoms with Gasteiger partial charge in [0.2, 0.25) is 0 Å². The second-order valence-electron chi connectivity index (χ2n) is 4.55. The molecule has 2 nitrogen and oxygen atoms in total. The molecule has 0 saturated carbocycles. The van der Waals surface area contributed by atoms with Crippen molar-refractivity contribution in [1.82, 2.24) is 4.90 Å². The minimum absolute atomic E-state index is 0.153. The van der Waals surface area contributed by atoms with Crippen molar-refractivity contribution in [2.45, 2.75) is 32.9 Å². The molecule has 0 aromatic carbocycles. The molecule has 3 heteroatoms. The van der Waals surface area contributed by atoms with E-state index in [4.69, 9.17) is 0 Å². The SMILES string of the molecule is Cc1ccsc1CN1CCC(C(C)O)C1. The third-order valence-electron chi connectivity index (χ3n) is 3.33. The van der Waals surface area contributed by atoms with E-state index in [0.29, 0.717) is 5.92 Å². The number of aliphatic hydroxyl groups excluding tert-OH is 1. The molecule has 2 atom stereocenters. The Morgan fingerprint density at radius 2 is 2.47 bits per heavy atom. The van der Waals surface area contributed by atoms with Crippen LogP contribution in [0.4, 0.5) is 0 Å². The maximum Gasteiger partial charge on any atom is 0.0552 e. The zero-order chi connectivity index (χ0) is 10.8. The third-order valence-corrected chi connectivity index (χ3v) is 4.33. The Morgan fingerprint density at radius 3 is 3.00 bits per heavy atom. The summed E-state index contributed by atoms with van der Waals surface area (Å²) in [5.41, 5.74) is 1.40. The topological polar surface area (TPSA) is 23.5 Å². The van der Waals surface area contributed by atoms with Gasteiger partial charge in [0.25, 0.3) is 0 Å². The highest BCUT2D eigenvalue weighted by Gasteiger charge is 2.26. The zero-order valence-corrected chi connectivity index (χ0v) is 10.3. The molecule has 0 amide bonds. The number of hydrogen-bond acceptors (Lipinski definition) is 3. The normalized spacial score (nSPS) is 24.6. The summed E-state index contributed by atoms with van der Waals surface area (Å²) in [6.07, 6.45) is 0.988. The summed E-state index contributed by atoms with van der Waals surface area (Å²) in [6.45, 7) is 7.33. The lowest BCUT2D eigenvalue weighted by Crippen LogP contribution is -2.23. The molecular formula is C12H19NOS. The lowest BCUT2D eigenvalue weighted by molar-refractivity contribution is 0.127. The van der Waals surface area contributed by atoms with Gasteiger partial charge in [-0.2, -0.15) is 0 Å². The van der Waals surface area contributed by atoms with Crippen LogP contribution in [0.15, 0.2) is 11.4 Å². The molecule has 1 fully saturated rings. The second-order valence-corrected chi connectivity index (χ2v) is 5.55. The van der Waals surface area contributed by atoms with Crippen LogP contribution >= 0.6 is 11.3 Å². The first-order chi connectivity index (χ1) is 7.16. The van der Waals surface area contributed by atoms with Gasteiger partial charge in [-0.3, -0.25) is 4.90 Å². The standard InChI is InChI=1S/C12H19NOS/c1-9-4-6-15-12(9)8-13-5-3-11(7-13)10(2)14/h4,6,10-11,14H,3,5,7-8H2,1-2H3. The van der Waals surface area contributed by atoms with E-state index in [-0.39, 0.29) is 6.10 Å². The van der Waals surface area contributed by atoms with Crippen molar-refractivity contribution < 1.29 is 5.11 Å². The summed E-state index contributed by atoms with van der Waals surface area (Å²) in [5.74, 6) is 0.477. The number of nitrogens with zero attached hydrogens (tertiary/aromatic N) is 1. The van der Waals surface area contributed by atoms with Crippen molar-refractivity contribution in [3.8, 4) is 0 Å². The molecule has 1 aliphatic heterocycles. The number of rotatable bonds is 3. The highest BCUT2D eigenvalue weighted by molar-refractivity contribution is 7.10. The number of aryl methyl sites for hydroxylation is 1. The van der Waals surface area contributed by atoms with Crippen molar-refractivity contribution in [2.75, 3.05) is 13.1 Å². The maximum atomic E-state index is 9.53. The van der Waals surface area contributed by atoms with Gasteiger partial charge >= 0.3 is 0 Å². The van der Waals surface area contributed by atoms with Gasteiger partial charge in [-0.1, -0.05) is 0 Å². The molecule has 1 aromatic heterocycles. The van der Waals surface area contributed by atoms with Crippen LogP contribution in [0.2, 0.25) is 0 Å². The Hall–Kier alpha value is -0.380. The molecule has 1 saturated heterocycles. The fraction of sp³-hybridized carbons (Fsp3) is 0.667. The van der Waals surface area contributed by atoms with Gasteiger partial charge < -0.3 is 5.11 Å². The molecule has 2 heterocycles. The molecule has 0 bridgehead atoms. The van der Waals surface area contributed by atoms with E-state index in [1.165, 1.54) is 10.4 Å². The van der Waals surface area contributed by atoms with Crippen LogP contribution in [0.25, 0.3) is 0 Å². The van der Waals surface area contributed by atoms with Crippen LogP contribution in [0, 0.1) is 12.8 Å². The molecule has 1 aliphatic rings. The molecule has 2 rings (SSSR count). The Labute approximate surface area is 95.5 Å². The molecule has 2 unspecified atom stereocenters. The Morgan fingerprint density at radius 1 is 1.67 bits per heavy atom. The highest BCUT2D eigenvalue weighted by Crippen LogP contribution is 2.24. The molecule has 1 N–H and O–H groups in total. The van der Waals surface area contributed by atoms with Gasteiger partial charge in [0, 0.05) is 18.0 Å². The lowest BCUT2D eigenvalue weighted by Gasteiger charge is -2.16. The Balaban J connectivity index is 1.90. The highest BCUT2D eigenvalue weighted by atomic mass is 32.1. The van der Waals surface area contributed by atoms with Crippen LogP contribution < -0.4 is 0 Å². The summed E-state index contributed by atoms with van der Waals surface area (Å²) in [5, 5.41) is 11.7. The van der Waals surface area contributed by atoms with Gasteiger partial charge in [-0.25, -0.2) is 0 Å². The van der Waals surface area contributed by atoms with E-state index in [2.05, 4.69) is 23.3 Å². The minimum Gasteiger partial charge on any atom is -0.393 e. The fourth-order valence-corrected chi connectivity index (χ4v) is 3.12. The average Bonchev–Trinajstić information content (AvgIpc) is 2.77. The minimum atomic E-state index is -0.153. The molecule has 84 valence electrons. The van der Waals surface area contributed by atoms with Crippen molar-refractivity contribution in [3.63, 3.8) is 0 Å². The number of thiophene rings is 1. The molecular weight excluding hydrogens is 206 g/mol. The summed E-state index contributed by atoms with van der Waals surface area (Å²) in [6, 6.07) is 2.18. The van der Waals surface area contributed by atoms with Crippen molar-refractivity contribution in [1.29, 1.82) is 0 Å². The lowest BCUT2D eigenvalue weighted by atomic mass is 10.0. The monoisotopic (exact) mass is 225 g/mol. The van der Waals surface area contributed by atoms with E-state index in [9.17, 15) is 5.11 Å².